The smallest absolute Gasteiger partial charge is 0.143 e. The summed E-state index contributed by atoms with van der Waals surface area (Å²) >= 11 is 1.81. The molecule has 3 heterocycles. The van der Waals surface area contributed by atoms with Gasteiger partial charge in [-0.15, -0.1) is 16.4 Å². The van der Waals surface area contributed by atoms with Crippen LogP contribution >= 0.6 is 11.3 Å². The first-order valence-electron chi connectivity index (χ1n) is 8.63. The minimum Gasteiger partial charge on any atom is -0.340 e. The highest BCUT2D eigenvalue weighted by Gasteiger charge is 2.23. The van der Waals surface area contributed by atoms with Gasteiger partial charge >= 0.3 is 0 Å². The molecule has 8 heteroatoms. The number of thiophene rings is 1. The molecule has 1 N–H and O–H groups in total. The van der Waals surface area contributed by atoms with Crippen molar-refractivity contribution in [2.45, 2.75) is 26.2 Å². The van der Waals surface area contributed by atoms with Gasteiger partial charge in [-0.1, -0.05) is 13.0 Å². The van der Waals surface area contributed by atoms with Crippen LogP contribution in [0.15, 0.2) is 36.9 Å². The van der Waals surface area contributed by atoms with E-state index in [0.29, 0.717) is 0 Å². The van der Waals surface area contributed by atoms with Crippen molar-refractivity contribution in [2.24, 2.45) is 5.92 Å². The molecule has 130 valence electrons. The molecule has 26 heavy (non-hydrogen) atoms. The van der Waals surface area contributed by atoms with Gasteiger partial charge in [-0.25, -0.2) is 14.6 Å². The number of tetrazole rings is 1. The van der Waals surface area contributed by atoms with E-state index in [1.165, 1.54) is 22.2 Å². The van der Waals surface area contributed by atoms with Crippen LogP contribution in [0, 0.1) is 5.92 Å². The molecular formula is C18H17N7S. The largest absolute Gasteiger partial charge is 0.340 e. The third-order valence-corrected chi connectivity index (χ3v) is 5.98. The van der Waals surface area contributed by atoms with Gasteiger partial charge in [0.15, 0.2) is 0 Å². The zero-order chi connectivity index (χ0) is 17.5. The van der Waals surface area contributed by atoms with Crippen molar-refractivity contribution < 1.29 is 0 Å². The third-order valence-electron chi connectivity index (χ3n) is 4.81. The fraction of sp³-hybridized carbons (Fsp3) is 0.278. The number of benzene rings is 1. The molecule has 5 rings (SSSR count). The van der Waals surface area contributed by atoms with Crippen molar-refractivity contribution in [3.8, 4) is 5.69 Å². The second kappa shape index (κ2) is 6.14. The number of hydrogen-bond donors (Lipinski definition) is 1. The van der Waals surface area contributed by atoms with Gasteiger partial charge in [0.05, 0.1) is 11.1 Å². The van der Waals surface area contributed by atoms with E-state index >= 15 is 0 Å². The summed E-state index contributed by atoms with van der Waals surface area (Å²) in [5.41, 5.74) is 3.26. The zero-order valence-corrected chi connectivity index (χ0v) is 15.1. The molecule has 7 nitrogen and oxygen atoms in total. The lowest BCUT2D eigenvalue weighted by molar-refractivity contribution is 0.509. The molecule has 0 unspecified atom stereocenters. The highest BCUT2D eigenvalue weighted by molar-refractivity contribution is 7.19. The zero-order valence-electron chi connectivity index (χ0n) is 14.3. The van der Waals surface area contributed by atoms with Crippen molar-refractivity contribution in [2.75, 3.05) is 5.32 Å². The van der Waals surface area contributed by atoms with E-state index in [2.05, 4.69) is 37.7 Å². The topological polar surface area (TPSA) is 81.4 Å². The predicted octanol–water partition coefficient (Wildman–Crippen LogP) is 3.54. The molecule has 1 atom stereocenters. The Bertz CT molecular complexity index is 1070. The monoisotopic (exact) mass is 363 g/mol. The molecule has 1 aliphatic rings. The first-order valence-corrected chi connectivity index (χ1v) is 9.45. The Balaban J connectivity index is 1.55. The Labute approximate surface area is 154 Å². The number of rotatable bonds is 3. The molecule has 0 aliphatic heterocycles. The van der Waals surface area contributed by atoms with Crippen LogP contribution in [0.1, 0.15) is 23.8 Å². The van der Waals surface area contributed by atoms with E-state index in [0.717, 1.165) is 40.8 Å². The number of aryl methyl sites for hydroxylation is 1. The Morgan fingerprint density at radius 3 is 3.12 bits per heavy atom. The second-order valence-electron chi connectivity index (χ2n) is 6.68. The van der Waals surface area contributed by atoms with Crippen molar-refractivity contribution in [3.63, 3.8) is 0 Å². The molecule has 1 aliphatic carbocycles. The molecule has 1 aromatic carbocycles. The van der Waals surface area contributed by atoms with E-state index in [1.54, 1.807) is 17.3 Å². The van der Waals surface area contributed by atoms with E-state index in [4.69, 9.17) is 0 Å². The molecule has 0 fully saturated rings. The normalized spacial score (nSPS) is 16.6. The number of aromatic nitrogens is 6. The highest BCUT2D eigenvalue weighted by atomic mass is 32.1. The maximum absolute atomic E-state index is 4.53. The third kappa shape index (κ3) is 2.62. The predicted molar refractivity (Wildman–Crippen MR) is 101 cm³/mol. The highest BCUT2D eigenvalue weighted by Crippen LogP contribution is 2.40. The van der Waals surface area contributed by atoms with Crippen molar-refractivity contribution in [3.05, 3.63) is 47.4 Å². The lowest BCUT2D eigenvalue weighted by Crippen LogP contribution is -2.09. The first-order chi connectivity index (χ1) is 12.8. The molecule has 4 aromatic rings. The second-order valence-corrected chi connectivity index (χ2v) is 7.77. The first kappa shape index (κ1) is 15.4. The minimum atomic E-state index is 0.743. The van der Waals surface area contributed by atoms with Crippen LogP contribution in [-0.2, 0) is 12.8 Å². The van der Waals surface area contributed by atoms with Gasteiger partial charge in [-0.05, 0) is 59.4 Å². The van der Waals surface area contributed by atoms with Gasteiger partial charge in [0, 0.05) is 10.6 Å². The number of anilines is 2. The molecular weight excluding hydrogens is 346 g/mol. The SMILES string of the molecule is C[C@H]1CCc2c(sc3ncnc(Nc4cccc(-n5cnnn5)c4)c23)C1. The van der Waals surface area contributed by atoms with E-state index in [1.807, 2.05) is 35.6 Å². The molecule has 0 saturated heterocycles. The van der Waals surface area contributed by atoms with E-state index in [9.17, 15) is 0 Å². The van der Waals surface area contributed by atoms with Crippen LogP contribution < -0.4 is 5.32 Å². The van der Waals surface area contributed by atoms with Crippen LogP contribution in [0.2, 0.25) is 0 Å². The summed E-state index contributed by atoms with van der Waals surface area (Å²) in [5.74, 6) is 1.61. The van der Waals surface area contributed by atoms with Gasteiger partial charge < -0.3 is 5.32 Å². The van der Waals surface area contributed by atoms with Crippen molar-refractivity contribution >= 4 is 33.1 Å². The summed E-state index contributed by atoms with van der Waals surface area (Å²) in [6, 6.07) is 7.96. The Kier molecular flexibility index (Phi) is 3.63. The number of nitrogens with one attached hydrogen (secondary N) is 1. The van der Waals surface area contributed by atoms with Crippen LogP contribution in [0.25, 0.3) is 15.9 Å². The summed E-state index contributed by atoms with van der Waals surface area (Å²) in [6.45, 7) is 2.32. The fourth-order valence-corrected chi connectivity index (χ4v) is 4.86. The maximum atomic E-state index is 4.53. The van der Waals surface area contributed by atoms with Gasteiger partial charge in [0.2, 0.25) is 0 Å². The molecule has 0 spiro atoms. The standard InChI is InChI=1S/C18H17N7S/c1-11-5-6-14-15(7-11)26-18-16(14)17(19-9-20-18)22-12-3-2-4-13(8-12)25-10-21-23-24-25/h2-4,8-11H,5-7H2,1H3,(H,19,20,22)/t11-/m0/s1. The van der Waals surface area contributed by atoms with Gasteiger partial charge in [0.25, 0.3) is 0 Å². The summed E-state index contributed by atoms with van der Waals surface area (Å²) < 4.78 is 1.63. The quantitative estimate of drug-likeness (QED) is 0.600. The fourth-order valence-electron chi connectivity index (χ4n) is 3.51. The van der Waals surface area contributed by atoms with E-state index in [-0.39, 0.29) is 0 Å². The van der Waals surface area contributed by atoms with Gasteiger partial charge in [0.1, 0.15) is 23.3 Å². The lowest BCUT2D eigenvalue weighted by Gasteiger charge is -2.18. The average Bonchev–Trinajstić information content (AvgIpc) is 3.29. The van der Waals surface area contributed by atoms with Crippen molar-refractivity contribution in [1.29, 1.82) is 0 Å². The average molecular weight is 363 g/mol. The van der Waals surface area contributed by atoms with Crippen molar-refractivity contribution in [1.82, 2.24) is 30.2 Å². The summed E-state index contributed by atoms with van der Waals surface area (Å²) in [7, 11) is 0. The van der Waals surface area contributed by atoms with Crippen LogP contribution in [-0.4, -0.2) is 30.2 Å². The Morgan fingerprint density at radius 2 is 2.23 bits per heavy atom. The van der Waals surface area contributed by atoms with Crippen LogP contribution in [0.4, 0.5) is 11.5 Å². The van der Waals surface area contributed by atoms with E-state index < -0.39 is 0 Å². The molecule has 0 saturated carbocycles. The van der Waals surface area contributed by atoms with Gasteiger partial charge in [-0.2, -0.15) is 0 Å². The molecule has 0 radical (unpaired) electrons. The molecule has 3 aromatic heterocycles. The summed E-state index contributed by atoms with van der Waals surface area (Å²) in [5, 5.41) is 16.0. The summed E-state index contributed by atoms with van der Waals surface area (Å²) in [6.07, 6.45) is 6.69. The summed E-state index contributed by atoms with van der Waals surface area (Å²) in [4.78, 5) is 11.6. The number of hydrogen-bond acceptors (Lipinski definition) is 7. The lowest BCUT2D eigenvalue weighted by atomic mass is 9.89. The van der Waals surface area contributed by atoms with Gasteiger partial charge in [-0.3, -0.25) is 0 Å². The number of nitrogens with zero attached hydrogens (tertiary/aromatic N) is 6. The molecule has 0 bridgehead atoms. The Morgan fingerprint density at radius 1 is 1.27 bits per heavy atom. The van der Waals surface area contributed by atoms with Crippen LogP contribution in [0.3, 0.4) is 0 Å². The number of fused-ring (bicyclic) bond motifs is 3. The van der Waals surface area contributed by atoms with Crippen LogP contribution in [0.5, 0.6) is 0 Å². The molecule has 0 amide bonds. The minimum absolute atomic E-state index is 0.743. The maximum Gasteiger partial charge on any atom is 0.143 e. The Hall–Kier alpha value is -2.87.